The van der Waals surface area contributed by atoms with E-state index < -0.39 is 0 Å². The fourth-order valence-corrected chi connectivity index (χ4v) is 2.06. The zero-order valence-corrected chi connectivity index (χ0v) is 9.01. The standard InChI is InChI=1S/C11H19NO2/c1-11(2)7-9(11)10(13)12-8-3-5-14-6-4-8/h8-9H,3-7H2,1-2H3,(H,12,13). The number of hydrogen-bond donors (Lipinski definition) is 1. The van der Waals surface area contributed by atoms with E-state index in [1.54, 1.807) is 0 Å². The van der Waals surface area contributed by atoms with Gasteiger partial charge in [0.05, 0.1) is 0 Å². The molecule has 0 spiro atoms. The molecule has 2 aliphatic rings. The molecule has 1 aliphatic heterocycles. The van der Waals surface area contributed by atoms with Gasteiger partial charge in [0, 0.05) is 25.2 Å². The van der Waals surface area contributed by atoms with Crippen LogP contribution in [0.5, 0.6) is 0 Å². The van der Waals surface area contributed by atoms with Crippen molar-refractivity contribution < 1.29 is 9.53 Å². The van der Waals surface area contributed by atoms with Crippen molar-refractivity contribution >= 4 is 5.91 Å². The third-order valence-electron chi connectivity index (χ3n) is 3.40. The number of amides is 1. The second-order valence-corrected chi connectivity index (χ2v) is 5.14. The first-order valence-electron chi connectivity index (χ1n) is 5.48. The molecule has 1 amide bonds. The lowest BCUT2D eigenvalue weighted by atomic mass is 10.1. The van der Waals surface area contributed by atoms with E-state index in [4.69, 9.17) is 4.74 Å². The summed E-state index contributed by atoms with van der Waals surface area (Å²) in [6, 6.07) is 0.354. The monoisotopic (exact) mass is 197 g/mol. The lowest BCUT2D eigenvalue weighted by molar-refractivity contribution is -0.124. The lowest BCUT2D eigenvalue weighted by Gasteiger charge is -2.23. The fraction of sp³-hybridized carbons (Fsp3) is 0.909. The van der Waals surface area contributed by atoms with Crippen LogP contribution in [0.25, 0.3) is 0 Å². The van der Waals surface area contributed by atoms with E-state index in [0.29, 0.717) is 6.04 Å². The molecule has 3 heteroatoms. The minimum atomic E-state index is 0.245. The van der Waals surface area contributed by atoms with E-state index in [2.05, 4.69) is 19.2 Å². The number of nitrogens with one attached hydrogen (secondary N) is 1. The van der Waals surface area contributed by atoms with Gasteiger partial charge in [-0.1, -0.05) is 13.8 Å². The van der Waals surface area contributed by atoms with Crippen molar-refractivity contribution in [1.82, 2.24) is 5.32 Å². The summed E-state index contributed by atoms with van der Waals surface area (Å²) in [4.78, 5) is 11.7. The smallest absolute Gasteiger partial charge is 0.223 e. The number of hydrogen-bond acceptors (Lipinski definition) is 2. The van der Waals surface area contributed by atoms with Crippen LogP contribution in [0.15, 0.2) is 0 Å². The molecule has 1 saturated heterocycles. The molecule has 0 aromatic heterocycles. The second kappa shape index (κ2) is 3.54. The molecule has 0 aromatic carbocycles. The molecule has 0 radical (unpaired) electrons. The molecule has 0 aromatic rings. The van der Waals surface area contributed by atoms with Crippen LogP contribution >= 0.6 is 0 Å². The van der Waals surface area contributed by atoms with Gasteiger partial charge in [-0.15, -0.1) is 0 Å². The Morgan fingerprint density at radius 3 is 2.43 bits per heavy atom. The Balaban J connectivity index is 1.77. The van der Waals surface area contributed by atoms with Gasteiger partial charge in [-0.3, -0.25) is 4.79 Å². The van der Waals surface area contributed by atoms with Gasteiger partial charge in [-0.2, -0.15) is 0 Å². The van der Waals surface area contributed by atoms with Gasteiger partial charge in [-0.05, 0) is 24.7 Å². The maximum atomic E-state index is 11.7. The summed E-state index contributed by atoms with van der Waals surface area (Å²) in [6.07, 6.45) is 2.99. The zero-order chi connectivity index (χ0) is 10.2. The highest BCUT2D eigenvalue weighted by Crippen LogP contribution is 2.51. The first-order chi connectivity index (χ1) is 6.59. The maximum Gasteiger partial charge on any atom is 0.223 e. The van der Waals surface area contributed by atoms with Crippen molar-refractivity contribution in [3.8, 4) is 0 Å². The molecule has 2 rings (SSSR count). The lowest BCUT2D eigenvalue weighted by Crippen LogP contribution is -2.40. The van der Waals surface area contributed by atoms with Gasteiger partial charge in [0.15, 0.2) is 0 Å². The van der Waals surface area contributed by atoms with Crippen LogP contribution < -0.4 is 5.32 Å². The Morgan fingerprint density at radius 2 is 1.93 bits per heavy atom. The van der Waals surface area contributed by atoms with Gasteiger partial charge in [0.25, 0.3) is 0 Å². The van der Waals surface area contributed by atoms with Crippen LogP contribution in [0, 0.1) is 11.3 Å². The van der Waals surface area contributed by atoms with Crippen molar-refractivity contribution in [3.63, 3.8) is 0 Å². The van der Waals surface area contributed by atoms with E-state index in [1.807, 2.05) is 0 Å². The minimum absolute atomic E-state index is 0.245. The fourth-order valence-electron chi connectivity index (χ4n) is 2.06. The average molecular weight is 197 g/mol. The Bertz CT molecular complexity index is 231. The Morgan fingerprint density at radius 1 is 1.36 bits per heavy atom. The molecule has 2 fully saturated rings. The predicted molar refractivity (Wildman–Crippen MR) is 53.9 cm³/mol. The molecule has 14 heavy (non-hydrogen) atoms. The Labute approximate surface area is 85.2 Å². The summed E-state index contributed by atoms with van der Waals surface area (Å²) in [5.41, 5.74) is 0.245. The van der Waals surface area contributed by atoms with Gasteiger partial charge >= 0.3 is 0 Å². The Kier molecular flexibility index (Phi) is 2.52. The summed E-state index contributed by atoms with van der Waals surface area (Å²) in [7, 11) is 0. The summed E-state index contributed by atoms with van der Waals surface area (Å²) in [5, 5.41) is 3.12. The number of ether oxygens (including phenoxy) is 1. The second-order valence-electron chi connectivity index (χ2n) is 5.14. The van der Waals surface area contributed by atoms with Gasteiger partial charge in [0.1, 0.15) is 0 Å². The van der Waals surface area contributed by atoms with Crippen LogP contribution in [0.2, 0.25) is 0 Å². The summed E-state index contributed by atoms with van der Waals surface area (Å²) in [5.74, 6) is 0.507. The summed E-state index contributed by atoms with van der Waals surface area (Å²) in [6.45, 7) is 5.89. The minimum Gasteiger partial charge on any atom is -0.381 e. The van der Waals surface area contributed by atoms with Crippen LogP contribution in [0.3, 0.4) is 0 Å². The van der Waals surface area contributed by atoms with E-state index in [-0.39, 0.29) is 17.2 Å². The molecule has 1 N–H and O–H groups in total. The first-order valence-corrected chi connectivity index (χ1v) is 5.48. The zero-order valence-electron chi connectivity index (χ0n) is 9.01. The third kappa shape index (κ3) is 2.08. The van der Waals surface area contributed by atoms with E-state index >= 15 is 0 Å². The Hall–Kier alpha value is -0.570. The van der Waals surface area contributed by atoms with E-state index in [1.165, 1.54) is 0 Å². The van der Waals surface area contributed by atoms with Crippen LogP contribution in [-0.2, 0) is 9.53 Å². The largest absolute Gasteiger partial charge is 0.381 e. The highest BCUT2D eigenvalue weighted by molar-refractivity contribution is 5.82. The topological polar surface area (TPSA) is 38.3 Å². The van der Waals surface area contributed by atoms with Crippen molar-refractivity contribution in [2.24, 2.45) is 11.3 Å². The normalized spacial score (nSPS) is 31.1. The van der Waals surface area contributed by atoms with Gasteiger partial charge < -0.3 is 10.1 Å². The molecule has 0 bridgehead atoms. The highest BCUT2D eigenvalue weighted by Gasteiger charge is 2.50. The van der Waals surface area contributed by atoms with Crippen molar-refractivity contribution in [1.29, 1.82) is 0 Å². The summed E-state index contributed by atoms with van der Waals surface area (Å²) < 4.78 is 5.25. The molecular weight excluding hydrogens is 178 g/mol. The van der Waals surface area contributed by atoms with Crippen LogP contribution in [0.4, 0.5) is 0 Å². The molecule has 1 atom stereocenters. The predicted octanol–water partition coefficient (Wildman–Crippen LogP) is 1.33. The number of carbonyl (C=O) groups is 1. The maximum absolute atomic E-state index is 11.7. The van der Waals surface area contributed by atoms with Crippen LogP contribution in [-0.4, -0.2) is 25.2 Å². The first kappa shape index (κ1) is 9.97. The number of carbonyl (C=O) groups excluding carboxylic acids is 1. The van der Waals surface area contributed by atoms with Crippen molar-refractivity contribution in [2.45, 2.75) is 39.2 Å². The van der Waals surface area contributed by atoms with E-state index in [0.717, 1.165) is 32.5 Å². The van der Waals surface area contributed by atoms with Crippen molar-refractivity contribution in [3.05, 3.63) is 0 Å². The van der Waals surface area contributed by atoms with Crippen LogP contribution in [0.1, 0.15) is 33.1 Å². The average Bonchev–Trinajstić information content (AvgIpc) is 2.77. The molecule has 1 unspecified atom stereocenters. The molecule has 1 heterocycles. The molecule has 80 valence electrons. The van der Waals surface area contributed by atoms with E-state index in [9.17, 15) is 4.79 Å². The van der Waals surface area contributed by atoms with Gasteiger partial charge in [0.2, 0.25) is 5.91 Å². The molecular formula is C11H19NO2. The quantitative estimate of drug-likeness (QED) is 0.725. The molecule has 1 saturated carbocycles. The summed E-state index contributed by atoms with van der Waals surface area (Å²) >= 11 is 0. The third-order valence-corrected chi connectivity index (χ3v) is 3.40. The highest BCUT2D eigenvalue weighted by atomic mass is 16.5. The van der Waals surface area contributed by atoms with Gasteiger partial charge in [-0.25, -0.2) is 0 Å². The van der Waals surface area contributed by atoms with Crippen molar-refractivity contribution in [2.75, 3.05) is 13.2 Å². The molecule has 1 aliphatic carbocycles. The SMILES string of the molecule is CC1(C)CC1C(=O)NC1CCOCC1. The molecule has 3 nitrogen and oxygen atoms in total. The number of rotatable bonds is 2.